The van der Waals surface area contributed by atoms with Crippen molar-refractivity contribution in [1.82, 2.24) is 0 Å². The summed E-state index contributed by atoms with van der Waals surface area (Å²) < 4.78 is 0. The molecular weight excluding hydrogens is 332 g/mol. The van der Waals surface area contributed by atoms with Gasteiger partial charge in [0, 0.05) is 22.8 Å². The van der Waals surface area contributed by atoms with Gasteiger partial charge in [0.2, 0.25) is 0 Å². The standard InChI is InChI=1S/C17H11ClN2O4/c18-12-3-6-16(21)15(9-12)17(22)19-13-4-1-11-8-14(20(23)24)5-2-10(11)7-13/h1-9,21H,(H,19,22). The Kier molecular flexibility index (Phi) is 4.05. The number of nitrogens with zero attached hydrogens (tertiary/aromatic N) is 1. The van der Waals surface area contributed by atoms with Gasteiger partial charge in [0.05, 0.1) is 10.5 Å². The molecule has 0 aliphatic heterocycles. The van der Waals surface area contributed by atoms with Gasteiger partial charge >= 0.3 is 0 Å². The summed E-state index contributed by atoms with van der Waals surface area (Å²) in [6, 6.07) is 13.7. The molecule has 0 spiro atoms. The van der Waals surface area contributed by atoms with Crippen molar-refractivity contribution in [3.05, 3.63) is 75.3 Å². The monoisotopic (exact) mass is 342 g/mol. The number of amides is 1. The Hall–Kier alpha value is -3.12. The maximum atomic E-state index is 12.2. The number of hydrogen-bond donors (Lipinski definition) is 2. The number of benzene rings is 3. The van der Waals surface area contributed by atoms with Crippen LogP contribution in [-0.2, 0) is 0 Å². The van der Waals surface area contributed by atoms with Crippen LogP contribution in [0.1, 0.15) is 10.4 Å². The van der Waals surface area contributed by atoms with Gasteiger partial charge in [-0.3, -0.25) is 14.9 Å². The van der Waals surface area contributed by atoms with Crippen molar-refractivity contribution in [1.29, 1.82) is 0 Å². The number of nitro groups is 1. The topological polar surface area (TPSA) is 92.5 Å². The van der Waals surface area contributed by atoms with E-state index in [-0.39, 0.29) is 17.0 Å². The first-order valence-corrected chi connectivity index (χ1v) is 7.30. The molecule has 120 valence electrons. The lowest BCUT2D eigenvalue weighted by Crippen LogP contribution is -2.12. The molecule has 0 aliphatic carbocycles. The number of rotatable bonds is 3. The van der Waals surface area contributed by atoms with Gasteiger partial charge in [-0.1, -0.05) is 17.7 Å². The zero-order valence-electron chi connectivity index (χ0n) is 12.2. The molecule has 1 amide bonds. The second-order valence-electron chi connectivity index (χ2n) is 5.12. The van der Waals surface area contributed by atoms with Crippen LogP contribution in [0.4, 0.5) is 11.4 Å². The molecule has 0 saturated heterocycles. The number of carbonyl (C=O) groups is 1. The first-order chi connectivity index (χ1) is 11.4. The molecule has 24 heavy (non-hydrogen) atoms. The molecule has 7 heteroatoms. The van der Waals surface area contributed by atoms with Gasteiger partial charge in [-0.25, -0.2) is 0 Å². The highest BCUT2D eigenvalue weighted by atomic mass is 35.5. The zero-order valence-corrected chi connectivity index (χ0v) is 12.9. The number of phenols is 1. The normalized spacial score (nSPS) is 10.5. The number of hydrogen-bond acceptors (Lipinski definition) is 4. The number of fused-ring (bicyclic) bond motifs is 1. The Morgan fingerprint density at radius 3 is 2.50 bits per heavy atom. The second-order valence-corrected chi connectivity index (χ2v) is 5.56. The Morgan fingerprint density at radius 2 is 1.75 bits per heavy atom. The minimum Gasteiger partial charge on any atom is -0.507 e. The molecule has 3 aromatic carbocycles. The van der Waals surface area contributed by atoms with Crippen LogP contribution in [0, 0.1) is 10.1 Å². The summed E-state index contributed by atoms with van der Waals surface area (Å²) >= 11 is 5.84. The molecule has 0 saturated carbocycles. The van der Waals surface area contributed by atoms with Gasteiger partial charge in [0.1, 0.15) is 5.75 Å². The number of aromatic hydroxyl groups is 1. The van der Waals surface area contributed by atoms with Crippen molar-refractivity contribution in [2.75, 3.05) is 5.32 Å². The lowest BCUT2D eigenvalue weighted by molar-refractivity contribution is -0.384. The highest BCUT2D eigenvalue weighted by Crippen LogP contribution is 2.26. The molecule has 0 aromatic heterocycles. The Balaban J connectivity index is 1.90. The third-order valence-corrected chi connectivity index (χ3v) is 3.73. The highest BCUT2D eigenvalue weighted by Gasteiger charge is 2.13. The van der Waals surface area contributed by atoms with Crippen LogP contribution in [-0.4, -0.2) is 15.9 Å². The van der Waals surface area contributed by atoms with E-state index in [0.717, 1.165) is 5.39 Å². The molecule has 0 fully saturated rings. The molecule has 3 aromatic rings. The van der Waals surface area contributed by atoms with E-state index >= 15 is 0 Å². The molecule has 0 heterocycles. The SMILES string of the molecule is O=C(Nc1ccc2cc([N+](=O)[O-])ccc2c1)c1cc(Cl)ccc1O. The van der Waals surface area contributed by atoms with E-state index in [4.69, 9.17) is 11.6 Å². The van der Waals surface area contributed by atoms with Crippen molar-refractivity contribution < 1.29 is 14.8 Å². The Labute approximate surface area is 141 Å². The lowest BCUT2D eigenvalue weighted by Gasteiger charge is -2.08. The fourth-order valence-electron chi connectivity index (χ4n) is 2.31. The number of phenolic OH excluding ortho intramolecular Hbond substituents is 1. The predicted molar refractivity (Wildman–Crippen MR) is 91.7 cm³/mol. The Bertz CT molecular complexity index is 972. The van der Waals surface area contributed by atoms with Crippen molar-refractivity contribution >= 4 is 39.7 Å². The van der Waals surface area contributed by atoms with Gasteiger partial charge in [0.15, 0.2) is 0 Å². The highest BCUT2D eigenvalue weighted by molar-refractivity contribution is 6.31. The summed E-state index contributed by atoms with van der Waals surface area (Å²) in [7, 11) is 0. The summed E-state index contributed by atoms with van der Waals surface area (Å²) in [5.41, 5.74) is 0.565. The van der Waals surface area contributed by atoms with Crippen molar-refractivity contribution in [3.63, 3.8) is 0 Å². The minimum absolute atomic E-state index is 0.00290. The fourth-order valence-corrected chi connectivity index (χ4v) is 2.49. The molecule has 6 nitrogen and oxygen atoms in total. The van der Waals surface area contributed by atoms with Crippen LogP contribution in [0.5, 0.6) is 5.75 Å². The predicted octanol–water partition coefficient (Wildman–Crippen LogP) is 4.36. The number of nitro benzene ring substituents is 1. The lowest BCUT2D eigenvalue weighted by atomic mass is 10.1. The van der Waals surface area contributed by atoms with Gasteiger partial charge in [-0.05, 0) is 47.2 Å². The summed E-state index contributed by atoms with van der Waals surface area (Å²) in [5.74, 6) is -0.676. The van der Waals surface area contributed by atoms with Crippen molar-refractivity contribution in [3.8, 4) is 5.75 Å². The summed E-state index contributed by atoms with van der Waals surface area (Å²) in [4.78, 5) is 22.6. The van der Waals surface area contributed by atoms with Crippen molar-refractivity contribution in [2.24, 2.45) is 0 Å². The van der Waals surface area contributed by atoms with Crippen LogP contribution in [0.2, 0.25) is 5.02 Å². The van der Waals surface area contributed by atoms with Crippen LogP contribution in [0.15, 0.2) is 54.6 Å². The second kappa shape index (κ2) is 6.17. The van der Waals surface area contributed by atoms with Gasteiger partial charge in [-0.15, -0.1) is 0 Å². The summed E-state index contributed by atoms with van der Waals surface area (Å²) in [5, 5.41) is 25.0. The smallest absolute Gasteiger partial charge is 0.270 e. The van der Waals surface area contributed by atoms with E-state index in [1.54, 1.807) is 24.3 Å². The third-order valence-electron chi connectivity index (χ3n) is 3.50. The first kappa shape index (κ1) is 15.8. The number of non-ortho nitro benzene ring substituents is 1. The first-order valence-electron chi connectivity index (χ1n) is 6.92. The summed E-state index contributed by atoms with van der Waals surface area (Å²) in [6.07, 6.45) is 0. The zero-order chi connectivity index (χ0) is 17.3. The molecule has 0 aliphatic rings. The van der Waals surface area contributed by atoms with Gasteiger partial charge < -0.3 is 10.4 Å². The van der Waals surface area contributed by atoms with Crippen molar-refractivity contribution in [2.45, 2.75) is 0 Å². The number of carbonyl (C=O) groups excluding carboxylic acids is 1. The Morgan fingerprint density at radius 1 is 1.04 bits per heavy atom. The molecule has 0 bridgehead atoms. The number of anilines is 1. The molecule has 2 N–H and O–H groups in total. The van der Waals surface area contributed by atoms with E-state index < -0.39 is 10.8 Å². The number of nitrogens with one attached hydrogen (secondary N) is 1. The van der Waals surface area contributed by atoms with Gasteiger partial charge in [-0.2, -0.15) is 0 Å². The summed E-state index contributed by atoms with van der Waals surface area (Å²) in [6.45, 7) is 0. The van der Waals surface area contributed by atoms with E-state index in [1.807, 2.05) is 0 Å². The molecule has 0 atom stereocenters. The molecule has 0 radical (unpaired) electrons. The average molecular weight is 343 g/mol. The van der Waals surface area contributed by atoms with E-state index in [0.29, 0.717) is 16.1 Å². The third kappa shape index (κ3) is 3.13. The van der Waals surface area contributed by atoms with E-state index in [1.165, 1.54) is 30.3 Å². The van der Waals surface area contributed by atoms with E-state index in [2.05, 4.69) is 5.32 Å². The molecule has 3 rings (SSSR count). The minimum atomic E-state index is -0.503. The van der Waals surface area contributed by atoms with E-state index in [9.17, 15) is 20.0 Å². The maximum Gasteiger partial charge on any atom is 0.270 e. The molecule has 0 unspecified atom stereocenters. The fraction of sp³-hybridized carbons (Fsp3) is 0. The average Bonchev–Trinajstić information content (AvgIpc) is 2.56. The van der Waals surface area contributed by atoms with Crippen LogP contribution in [0.3, 0.4) is 0 Å². The largest absolute Gasteiger partial charge is 0.507 e. The van der Waals surface area contributed by atoms with Crippen LogP contribution < -0.4 is 5.32 Å². The van der Waals surface area contributed by atoms with Gasteiger partial charge in [0.25, 0.3) is 11.6 Å². The molecular formula is C17H11ClN2O4. The maximum absolute atomic E-state index is 12.2. The van der Waals surface area contributed by atoms with Crippen LogP contribution in [0.25, 0.3) is 10.8 Å². The van der Waals surface area contributed by atoms with Crippen LogP contribution >= 0.6 is 11.6 Å². The quantitative estimate of drug-likeness (QED) is 0.546. The number of halogens is 1.